The second-order valence-corrected chi connectivity index (χ2v) is 6.31. The van der Waals surface area contributed by atoms with E-state index in [2.05, 4.69) is 5.32 Å². The summed E-state index contributed by atoms with van der Waals surface area (Å²) in [5, 5.41) is 2.77. The van der Waals surface area contributed by atoms with Crippen LogP contribution in [0.25, 0.3) is 11.1 Å². The Balaban J connectivity index is 1.90. The molecule has 5 heteroatoms. The van der Waals surface area contributed by atoms with E-state index in [-0.39, 0.29) is 29.0 Å². The van der Waals surface area contributed by atoms with Gasteiger partial charge in [-0.15, -0.1) is 11.8 Å². The number of Topliss-reactive ketones (excluding diaryl/α,β-unsaturated/α-hetero) is 1. The molecule has 2 aromatic carbocycles. The van der Waals surface area contributed by atoms with Crippen molar-refractivity contribution in [3.63, 3.8) is 0 Å². The van der Waals surface area contributed by atoms with Gasteiger partial charge in [-0.3, -0.25) is 9.59 Å². The molecular weight excluding hydrogens is 325 g/mol. The monoisotopic (exact) mass is 345 g/mol. The lowest BCUT2D eigenvalue weighted by molar-refractivity contribution is -0.118. The fraction of sp³-hybridized carbons (Fsp3) is 0.263. The van der Waals surface area contributed by atoms with Gasteiger partial charge in [-0.2, -0.15) is 0 Å². The summed E-state index contributed by atoms with van der Waals surface area (Å²) in [6.07, 6.45) is 0.893. The zero-order chi connectivity index (χ0) is 17.4. The number of nitrogens with one attached hydrogen (secondary N) is 1. The predicted molar refractivity (Wildman–Crippen MR) is 96.8 cm³/mol. The van der Waals surface area contributed by atoms with E-state index in [1.807, 2.05) is 6.92 Å². The van der Waals surface area contributed by atoms with Gasteiger partial charge in [0.25, 0.3) is 0 Å². The lowest BCUT2D eigenvalue weighted by Crippen LogP contribution is -2.26. The van der Waals surface area contributed by atoms with Gasteiger partial charge in [0, 0.05) is 17.7 Å². The minimum atomic E-state index is -0.287. The molecule has 0 aliphatic carbocycles. The highest BCUT2D eigenvalue weighted by molar-refractivity contribution is 8.00. The maximum absolute atomic E-state index is 13.8. The third-order valence-corrected chi connectivity index (χ3v) is 4.36. The Morgan fingerprint density at radius 3 is 2.42 bits per heavy atom. The number of rotatable bonds is 8. The van der Waals surface area contributed by atoms with Gasteiger partial charge in [-0.1, -0.05) is 49.4 Å². The van der Waals surface area contributed by atoms with Crippen LogP contribution in [0.4, 0.5) is 4.39 Å². The van der Waals surface area contributed by atoms with Gasteiger partial charge < -0.3 is 5.32 Å². The minimum Gasteiger partial charge on any atom is -0.355 e. The fourth-order valence-corrected chi connectivity index (χ4v) is 2.91. The second-order valence-electron chi connectivity index (χ2n) is 5.32. The van der Waals surface area contributed by atoms with E-state index in [4.69, 9.17) is 0 Å². The van der Waals surface area contributed by atoms with Crippen LogP contribution in [0, 0.1) is 5.82 Å². The van der Waals surface area contributed by atoms with Crippen molar-refractivity contribution in [1.82, 2.24) is 5.32 Å². The molecule has 3 nitrogen and oxygen atoms in total. The van der Waals surface area contributed by atoms with Crippen LogP contribution >= 0.6 is 11.8 Å². The highest BCUT2D eigenvalue weighted by Crippen LogP contribution is 2.23. The largest absolute Gasteiger partial charge is 0.355 e. The Labute approximate surface area is 145 Å². The number of halogens is 1. The van der Waals surface area contributed by atoms with Crippen molar-refractivity contribution in [3.05, 3.63) is 59.9 Å². The minimum absolute atomic E-state index is 0.0385. The molecule has 0 fully saturated rings. The average Bonchev–Trinajstić information content (AvgIpc) is 2.60. The van der Waals surface area contributed by atoms with Crippen LogP contribution in [0.15, 0.2) is 48.5 Å². The molecule has 0 bridgehead atoms. The van der Waals surface area contributed by atoms with E-state index in [0.717, 1.165) is 12.0 Å². The number of ketones is 1. The standard InChI is InChI=1S/C19H20FNO2S/c1-2-11-21-19(23)13-24-12-18(22)15-9-7-14(8-10-15)16-5-3-4-6-17(16)20/h3-10H,2,11-13H2,1H3,(H,21,23). The van der Waals surface area contributed by atoms with Crippen LogP contribution in [0.3, 0.4) is 0 Å². The molecule has 0 aliphatic heterocycles. The highest BCUT2D eigenvalue weighted by Gasteiger charge is 2.09. The van der Waals surface area contributed by atoms with Gasteiger partial charge in [-0.25, -0.2) is 4.39 Å². The Hall–Kier alpha value is -2.14. The number of carbonyl (C=O) groups excluding carboxylic acids is 2. The lowest BCUT2D eigenvalue weighted by Gasteiger charge is -2.06. The molecule has 0 atom stereocenters. The first-order valence-corrected chi connectivity index (χ1v) is 9.00. The average molecular weight is 345 g/mol. The van der Waals surface area contributed by atoms with Gasteiger partial charge >= 0.3 is 0 Å². The van der Waals surface area contributed by atoms with Crippen LogP contribution < -0.4 is 5.32 Å². The SMILES string of the molecule is CCCNC(=O)CSCC(=O)c1ccc(-c2ccccc2F)cc1. The molecular formula is C19H20FNO2S. The first-order valence-electron chi connectivity index (χ1n) is 7.84. The second kappa shape index (κ2) is 9.23. The van der Waals surface area contributed by atoms with Crippen molar-refractivity contribution in [2.75, 3.05) is 18.1 Å². The zero-order valence-electron chi connectivity index (χ0n) is 13.5. The van der Waals surface area contributed by atoms with Crippen molar-refractivity contribution >= 4 is 23.5 Å². The van der Waals surface area contributed by atoms with Gasteiger partial charge in [0.2, 0.25) is 5.91 Å². The quantitative estimate of drug-likeness (QED) is 0.737. The van der Waals surface area contributed by atoms with Crippen molar-refractivity contribution in [2.45, 2.75) is 13.3 Å². The third kappa shape index (κ3) is 5.20. The maximum Gasteiger partial charge on any atom is 0.230 e. The van der Waals surface area contributed by atoms with Crippen molar-refractivity contribution in [1.29, 1.82) is 0 Å². The summed E-state index contributed by atoms with van der Waals surface area (Å²) in [5.74, 6) is 0.149. The van der Waals surface area contributed by atoms with Crippen LogP contribution in [0.1, 0.15) is 23.7 Å². The summed E-state index contributed by atoms with van der Waals surface area (Å²) in [5.41, 5.74) is 1.81. The Kier molecular flexibility index (Phi) is 7.00. The number of carbonyl (C=O) groups is 2. The molecule has 24 heavy (non-hydrogen) atoms. The molecule has 0 aromatic heterocycles. The topological polar surface area (TPSA) is 46.2 Å². The molecule has 2 rings (SSSR count). The summed E-state index contributed by atoms with van der Waals surface area (Å²) < 4.78 is 13.8. The first-order chi connectivity index (χ1) is 11.6. The smallest absolute Gasteiger partial charge is 0.230 e. The fourth-order valence-electron chi connectivity index (χ4n) is 2.17. The van der Waals surface area contributed by atoms with Gasteiger partial charge in [0.05, 0.1) is 11.5 Å². The number of thioether (sulfide) groups is 1. The van der Waals surface area contributed by atoms with E-state index in [0.29, 0.717) is 17.7 Å². The molecule has 1 amide bonds. The van der Waals surface area contributed by atoms with Crippen LogP contribution in [0.5, 0.6) is 0 Å². The van der Waals surface area contributed by atoms with E-state index in [1.165, 1.54) is 17.8 Å². The molecule has 126 valence electrons. The van der Waals surface area contributed by atoms with Crippen LogP contribution in [-0.2, 0) is 4.79 Å². The summed E-state index contributed by atoms with van der Waals surface area (Å²) in [6, 6.07) is 13.4. The van der Waals surface area contributed by atoms with Crippen molar-refractivity contribution in [3.8, 4) is 11.1 Å². The highest BCUT2D eigenvalue weighted by atomic mass is 32.2. The number of hydrogen-bond donors (Lipinski definition) is 1. The summed E-state index contributed by atoms with van der Waals surface area (Å²) >= 11 is 1.30. The Bertz CT molecular complexity index is 701. The molecule has 0 spiro atoms. The number of amides is 1. The Morgan fingerprint density at radius 1 is 1.04 bits per heavy atom. The van der Waals surface area contributed by atoms with Crippen LogP contribution in [-0.4, -0.2) is 29.7 Å². The lowest BCUT2D eigenvalue weighted by atomic mass is 10.0. The molecule has 0 unspecified atom stereocenters. The van der Waals surface area contributed by atoms with E-state index < -0.39 is 0 Å². The van der Waals surface area contributed by atoms with Gasteiger partial charge in [0.1, 0.15) is 5.82 Å². The van der Waals surface area contributed by atoms with E-state index >= 15 is 0 Å². The van der Waals surface area contributed by atoms with E-state index in [1.54, 1.807) is 42.5 Å². The molecule has 0 radical (unpaired) electrons. The third-order valence-electron chi connectivity index (χ3n) is 3.43. The van der Waals surface area contributed by atoms with E-state index in [9.17, 15) is 14.0 Å². The summed E-state index contributed by atoms with van der Waals surface area (Å²) in [6.45, 7) is 2.65. The summed E-state index contributed by atoms with van der Waals surface area (Å²) in [4.78, 5) is 23.6. The van der Waals surface area contributed by atoms with Crippen molar-refractivity contribution in [2.24, 2.45) is 0 Å². The molecule has 1 N–H and O–H groups in total. The summed E-state index contributed by atoms with van der Waals surface area (Å²) in [7, 11) is 0. The zero-order valence-corrected chi connectivity index (χ0v) is 14.4. The number of hydrogen-bond acceptors (Lipinski definition) is 3. The van der Waals surface area contributed by atoms with Crippen LogP contribution in [0.2, 0.25) is 0 Å². The van der Waals surface area contributed by atoms with Crippen molar-refractivity contribution < 1.29 is 14.0 Å². The Morgan fingerprint density at radius 2 is 1.75 bits per heavy atom. The molecule has 0 heterocycles. The first kappa shape index (κ1) is 18.2. The molecule has 0 saturated heterocycles. The normalized spacial score (nSPS) is 10.4. The van der Waals surface area contributed by atoms with Gasteiger partial charge in [-0.05, 0) is 18.1 Å². The number of benzene rings is 2. The predicted octanol–water partition coefficient (Wildman–Crippen LogP) is 3.93. The molecule has 0 saturated carbocycles. The van der Waals surface area contributed by atoms with Gasteiger partial charge in [0.15, 0.2) is 5.78 Å². The molecule has 0 aliphatic rings. The molecule has 2 aromatic rings. The maximum atomic E-state index is 13.8.